The first kappa shape index (κ1) is 22.3. The normalized spacial score (nSPS) is 13.4. The Balaban J connectivity index is 1.60. The first-order valence-corrected chi connectivity index (χ1v) is 12.8. The van der Waals surface area contributed by atoms with E-state index in [9.17, 15) is 9.59 Å². The summed E-state index contributed by atoms with van der Waals surface area (Å²) in [4.78, 5) is 36.9. The van der Waals surface area contributed by atoms with E-state index in [-0.39, 0.29) is 22.4 Å². The standard InChI is InChI=1S/C22H25ClN4O2S2/c1-2-3-6-12-27-21(29)18-14-8-4-5-10-16(14)31-20(18)26-22(27)30-13-17(28)25-15-9-7-11-24-19(15)23/h7,9,11H,2-6,8,10,12-13H2,1H3,(H,25,28). The van der Waals surface area contributed by atoms with Crippen molar-refractivity contribution in [2.24, 2.45) is 0 Å². The highest BCUT2D eigenvalue weighted by atomic mass is 35.5. The van der Waals surface area contributed by atoms with Crippen molar-refractivity contribution in [2.75, 3.05) is 11.1 Å². The van der Waals surface area contributed by atoms with E-state index >= 15 is 0 Å². The number of anilines is 1. The van der Waals surface area contributed by atoms with E-state index < -0.39 is 0 Å². The average molecular weight is 477 g/mol. The largest absolute Gasteiger partial charge is 0.323 e. The summed E-state index contributed by atoms with van der Waals surface area (Å²) in [5.74, 6) is -0.0676. The van der Waals surface area contributed by atoms with Crippen molar-refractivity contribution in [2.45, 2.75) is 63.6 Å². The molecule has 0 fully saturated rings. The van der Waals surface area contributed by atoms with E-state index in [1.807, 2.05) is 0 Å². The number of rotatable bonds is 8. The maximum absolute atomic E-state index is 13.4. The van der Waals surface area contributed by atoms with Crippen LogP contribution in [0.15, 0.2) is 28.3 Å². The third-order valence-corrected chi connectivity index (χ3v) is 7.85. The van der Waals surface area contributed by atoms with E-state index in [2.05, 4.69) is 17.2 Å². The van der Waals surface area contributed by atoms with Crippen LogP contribution in [0.5, 0.6) is 0 Å². The lowest BCUT2D eigenvalue weighted by Crippen LogP contribution is -2.25. The van der Waals surface area contributed by atoms with Gasteiger partial charge in [0.1, 0.15) is 4.83 Å². The van der Waals surface area contributed by atoms with Gasteiger partial charge >= 0.3 is 0 Å². The summed E-state index contributed by atoms with van der Waals surface area (Å²) in [5, 5.41) is 4.44. The van der Waals surface area contributed by atoms with Gasteiger partial charge in [0.05, 0.1) is 16.8 Å². The highest BCUT2D eigenvalue weighted by molar-refractivity contribution is 7.99. The van der Waals surface area contributed by atoms with Crippen LogP contribution in [-0.2, 0) is 24.2 Å². The minimum atomic E-state index is -0.208. The Kier molecular flexibility index (Phi) is 7.30. The van der Waals surface area contributed by atoms with Gasteiger partial charge in [-0.25, -0.2) is 9.97 Å². The van der Waals surface area contributed by atoms with Gasteiger partial charge in [-0.2, -0.15) is 0 Å². The van der Waals surface area contributed by atoms with Crippen molar-refractivity contribution in [3.63, 3.8) is 0 Å². The third-order valence-electron chi connectivity index (χ3n) is 5.39. The molecule has 9 heteroatoms. The van der Waals surface area contributed by atoms with E-state index in [1.165, 1.54) is 28.6 Å². The number of aryl methyl sites for hydroxylation is 2. The molecule has 31 heavy (non-hydrogen) atoms. The molecule has 164 valence electrons. The van der Waals surface area contributed by atoms with E-state index in [0.717, 1.165) is 48.7 Å². The number of hydrogen-bond acceptors (Lipinski definition) is 6. The molecule has 0 saturated heterocycles. The lowest BCUT2D eigenvalue weighted by atomic mass is 9.97. The van der Waals surface area contributed by atoms with Crippen molar-refractivity contribution < 1.29 is 4.79 Å². The van der Waals surface area contributed by atoms with Crippen molar-refractivity contribution in [3.8, 4) is 0 Å². The molecule has 0 spiro atoms. The number of hydrogen-bond donors (Lipinski definition) is 1. The van der Waals surface area contributed by atoms with Crippen molar-refractivity contribution in [1.29, 1.82) is 0 Å². The molecule has 1 amide bonds. The lowest BCUT2D eigenvalue weighted by Gasteiger charge is -2.13. The number of carbonyl (C=O) groups is 1. The van der Waals surface area contributed by atoms with Crippen LogP contribution in [0.4, 0.5) is 5.69 Å². The number of nitrogens with zero attached hydrogens (tertiary/aromatic N) is 3. The number of amides is 1. The second-order valence-corrected chi connectivity index (χ2v) is 10.0. The molecule has 0 saturated carbocycles. The van der Waals surface area contributed by atoms with Crippen molar-refractivity contribution in [1.82, 2.24) is 14.5 Å². The van der Waals surface area contributed by atoms with Gasteiger partial charge in [-0.15, -0.1) is 11.3 Å². The number of thioether (sulfide) groups is 1. The predicted molar refractivity (Wildman–Crippen MR) is 129 cm³/mol. The van der Waals surface area contributed by atoms with Crippen LogP contribution in [0, 0.1) is 0 Å². The number of nitrogens with one attached hydrogen (secondary N) is 1. The van der Waals surface area contributed by atoms with E-state index in [0.29, 0.717) is 17.4 Å². The van der Waals surface area contributed by atoms with Gasteiger partial charge in [-0.3, -0.25) is 14.2 Å². The molecule has 3 aromatic heterocycles. The molecule has 3 aromatic rings. The molecule has 3 heterocycles. The molecule has 1 aliphatic carbocycles. The molecule has 0 bridgehead atoms. The number of thiophene rings is 1. The Hall–Kier alpha value is -1.90. The highest BCUT2D eigenvalue weighted by Gasteiger charge is 2.22. The molecule has 0 radical (unpaired) electrons. The fourth-order valence-electron chi connectivity index (χ4n) is 3.84. The summed E-state index contributed by atoms with van der Waals surface area (Å²) >= 11 is 8.96. The van der Waals surface area contributed by atoms with Gasteiger partial charge in [0.2, 0.25) is 5.91 Å². The molecule has 1 aliphatic rings. The molecular weight excluding hydrogens is 452 g/mol. The number of unbranched alkanes of at least 4 members (excludes halogenated alkanes) is 2. The Bertz CT molecular complexity index is 1160. The zero-order chi connectivity index (χ0) is 21.8. The Labute approximate surface area is 194 Å². The second-order valence-electron chi connectivity index (χ2n) is 7.63. The van der Waals surface area contributed by atoms with Crippen LogP contribution in [0.3, 0.4) is 0 Å². The number of pyridine rings is 1. The molecule has 1 N–H and O–H groups in total. The Morgan fingerprint density at radius 3 is 2.97 bits per heavy atom. The third kappa shape index (κ3) is 4.96. The van der Waals surface area contributed by atoms with Crippen LogP contribution in [0.25, 0.3) is 10.2 Å². The topological polar surface area (TPSA) is 76.9 Å². The molecule has 0 atom stereocenters. The molecule has 0 aliphatic heterocycles. The first-order valence-electron chi connectivity index (χ1n) is 10.7. The van der Waals surface area contributed by atoms with E-state index in [1.54, 1.807) is 34.2 Å². The molecule has 0 aromatic carbocycles. The van der Waals surface area contributed by atoms with Gasteiger partial charge in [0.25, 0.3) is 5.56 Å². The first-order chi connectivity index (χ1) is 15.1. The Morgan fingerprint density at radius 2 is 2.16 bits per heavy atom. The van der Waals surface area contributed by atoms with Crippen molar-refractivity contribution in [3.05, 3.63) is 44.3 Å². The number of carbonyl (C=O) groups excluding carboxylic acids is 1. The minimum absolute atomic E-state index is 0.0405. The van der Waals surface area contributed by atoms with Gasteiger partial charge in [-0.1, -0.05) is 43.1 Å². The summed E-state index contributed by atoms with van der Waals surface area (Å²) in [6.07, 6.45) is 8.91. The zero-order valence-corrected chi connectivity index (χ0v) is 19.8. The van der Waals surface area contributed by atoms with Gasteiger partial charge in [0.15, 0.2) is 10.3 Å². The molecule has 6 nitrogen and oxygen atoms in total. The van der Waals surface area contributed by atoms with Gasteiger partial charge in [-0.05, 0) is 49.8 Å². The van der Waals surface area contributed by atoms with Crippen LogP contribution >= 0.6 is 34.7 Å². The van der Waals surface area contributed by atoms with Gasteiger partial charge < -0.3 is 5.32 Å². The lowest BCUT2D eigenvalue weighted by molar-refractivity contribution is -0.113. The summed E-state index contributed by atoms with van der Waals surface area (Å²) in [7, 11) is 0. The quantitative estimate of drug-likeness (QED) is 0.206. The summed E-state index contributed by atoms with van der Waals surface area (Å²) in [6.45, 7) is 2.77. The second kappa shape index (κ2) is 10.1. The monoisotopic (exact) mass is 476 g/mol. The smallest absolute Gasteiger partial charge is 0.263 e. The number of fused-ring (bicyclic) bond motifs is 3. The molecule has 4 rings (SSSR count). The number of aromatic nitrogens is 3. The summed E-state index contributed by atoms with van der Waals surface area (Å²) in [6, 6.07) is 3.42. The van der Waals surface area contributed by atoms with Crippen LogP contribution in [-0.4, -0.2) is 26.2 Å². The van der Waals surface area contributed by atoms with E-state index in [4.69, 9.17) is 16.6 Å². The molecular formula is C22H25ClN4O2S2. The summed E-state index contributed by atoms with van der Waals surface area (Å²) in [5.41, 5.74) is 1.72. The van der Waals surface area contributed by atoms with Crippen LogP contribution in [0.1, 0.15) is 49.5 Å². The predicted octanol–water partition coefficient (Wildman–Crippen LogP) is 5.31. The SMILES string of the molecule is CCCCCn1c(SCC(=O)Nc2cccnc2Cl)nc2sc3c(c2c1=O)CCCC3. The van der Waals surface area contributed by atoms with Crippen LogP contribution in [0.2, 0.25) is 5.15 Å². The van der Waals surface area contributed by atoms with Gasteiger partial charge in [0, 0.05) is 17.6 Å². The van der Waals surface area contributed by atoms with Crippen molar-refractivity contribution >= 4 is 56.5 Å². The van der Waals surface area contributed by atoms with Crippen LogP contribution < -0.4 is 10.9 Å². The maximum atomic E-state index is 13.4. The number of halogens is 1. The summed E-state index contributed by atoms with van der Waals surface area (Å²) < 4.78 is 1.77. The zero-order valence-electron chi connectivity index (χ0n) is 17.4. The fourth-order valence-corrected chi connectivity index (χ4v) is 6.14. The maximum Gasteiger partial charge on any atom is 0.263 e. The highest BCUT2D eigenvalue weighted by Crippen LogP contribution is 2.34. The minimum Gasteiger partial charge on any atom is -0.323 e. The fraction of sp³-hybridized carbons (Fsp3) is 0.455. The Morgan fingerprint density at radius 1 is 1.32 bits per heavy atom. The average Bonchev–Trinajstić information content (AvgIpc) is 3.14. The molecule has 0 unspecified atom stereocenters.